The van der Waals surface area contributed by atoms with E-state index in [0.29, 0.717) is 22.1 Å². The van der Waals surface area contributed by atoms with Crippen LogP contribution in [0, 0.1) is 13.8 Å². The van der Waals surface area contributed by atoms with E-state index < -0.39 is 5.97 Å². The van der Waals surface area contributed by atoms with Gasteiger partial charge in [0, 0.05) is 16.9 Å². The Morgan fingerprint density at radius 3 is 2.74 bits per heavy atom. The van der Waals surface area contributed by atoms with Crippen LogP contribution < -0.4 is 16.0 Å². The molecule has 1 aromatic heterocycles. The Hall–Kier alpha value is -2.61. The second-order valence-electron chi connectivity index (χ2n) is 4.79. The van der Waals surface area contributed by atoms with Gasteiger partial charge in [0.1, 0.15) is 0 Å². The molecule has 2 rings (SSSR count). The molecule has 8 heteroatoms. The number of thioether (sulfide) groups is 1. The van der Waals surface area contributed by atoms with Crippen molar-refractivity contribution in [1.29, 1.82) is 0 Å². The fourth-order valence-corrected chi connectivity index (χ4v) is 2.45. The maximum absolute atomic E-state index is 11.9. The summed E-state index contributed by atoms with van der Waals surface area (Å²) >= 11 is 1.09. The second-order valence-corrected chi connectivity index (χ2v) is 5.75. The van der Waals surface area contributed by atoms with E-state index in [0.717, 1.165) is 11.8 Å². The second kappa shape index (κ2) is 7.10. The van der Waals surface area contributed by atoms with Crippen LogP contribution in [0.2, 0.25) is 0 Å². The van der Waals surface area contributed by atoms with Crippen molar-refractivity contribution in [2.24, 2.45) is 0 Å². The molecule has 1 aromatic carbocycles. The van der Waals surface area contributed by atoms with Gasteiger partial charge in [0.25, 0.3) is 5.56 Å². The molecule has 1 heterocycles. The van der Waals surface area contributed by atoms with Gasteiger partial charge in [-0.15, -0.1) is 0 Å². The van der Waals surface area contributed by atoms with Crippen molar-refractivity contribution in [3.05, 3.63) is 51.4 Å². The monoisotopic (exact) mass is 332 g/mol. The fraction of sp³-hybridized carbons (Fsp3) is 0.200. The van der Waals surface area contributed by atoms with E-state index in [9.17, 15) is 19.5 Å². The highest BCUT2D eigenvalue weighted by atomic mass is 32.2. The molecule has 2 aromatic rings. The average molecular weight is 332 g/mol. The highest BCUT2D eigenvalue weighted by molar-refractivity contribution is 7.99. The SMILES string of the molecule is Cc1nc(SCC(=O)Nc2cccc(C(=O)[O-])c2)[nH]c(=O)c1C. The highest BCUT2D eigenvalue weighted by Crippen LogP contribution is 2.14. The molecule has 0 atom stereocenters. The van der Waals surface area contributed by atoms with E-state index in [-0.39, 0.29) is 22.8 Å². The van der Waals surface area contributed by atoms with Crippen LogP contribution in [0.4, 0.5) is 5.69 Å². The molecule has 0 unspecified atom stereocenters. The minimum Gasteiger partial charge on any atom is -0.545 e. The fourth-order valence-electron chi connectivity index (χ4n) is 1.74. The number of hydrogen-bond acceptors (Lipinski definition) is 6. The summed E-state index contributed by atoms with van der Waals surface area (Å²) in [5.41, 5.74) is 1.26. The molecule has 23 heavy (non-hydrogen) atoms. The summed E-state index contributed by atoms with van der Waals surface area (Å²) in [6.07, 6.45) is 0. The Labute approximate surface area is 136 Å². The van der Waals surface area contributed by atoms with Crippen LogP contribution in [0.5, 0.6) is 0 Å². The molecule has 0 radical (unpaired) electrons. The highest BCUT2D eigenvalue weighted by Gasteiger charge is 2.08. The van der Waals surface area contributed by atoms with Gasteiger partial charge in [0.15, 0.2) is 5.16 Å². The number of rotatable bonds is 5. The Morgan fingerprint density at radius 1 is 1.35 bits per heavy atom. The normalized spacial score (nSPS) is 10.3. The maximum Gasteiger partial charge on any atom is 0.254 e. The standard InChI is InChI=1S/C15H15N3O4S/c1-8-9(2)16-15(18-13(8)20)23-7-12(19)17-11-5-3-4-10(6-11)14(21)22/h3-6H,7H2,1-2H3,(H,17,19)(H,21,22)(H,16,18,20)/p-1. The molecule has 2 N–H and O–H groups in total. The number of nitrogens with one attached hydrogen (secondary N) is 2. The molecule has 120 valence electrons. The van der Waals surface area contributed by atoms with Crippen molar-refractivity contribution >= 4 is 29.3 Å². The van der Waals surface area contributed by atoms with Gasteiger partial charge in [0.2, 0.25) is 5.91 Å². The molecule has 0 fully saturated rings. The molecule has 1 amide bonds. The van der Waals surface area contributed by atoms with Gasteiger partial charge in [0.05, 0.1) is 11.7 Å². The summed E-state index contributed by atoms with van der Waals surface area (Å²) in [7, 11) is 0. The van der Waals surface area contributed by atoms with Gasteiger partial charge in [-0.3, -0.25) is 9.59 Å². The van der Waals surface area contributed by atoms with Crippen molar-refractivity contribution < 1.29 is 14.7 Å². The summed E-state index contributed by atoms with van der Waals surface area (Å²) in [4.78, 5) is 41.1. The zero-order chi connectivity index (χ0) is 17.0. The lowest BCUT2D eigenvalue weighted by atomic mass is 10.2. The van der Waals surface area contributed by atoms with Gasteiger partial charge in [-0.05, 0) is 31.5 Å². The number of benzene rings is 1. The third kappa shape index (κ3) is 4.43. The smallest absolute Gasteiger partial charge is 0.254 e. The number of carbonyl (C=O) groups excluding carboxylic acids is 2. The van der Waals surface area contributed by atoms with Gasteiger partial charge in [-0.2, -0.15) is 0 Å². The number of nitrogens with zero attached hydrogens (tertiary/aromatic N) is 1. The first-order valence-electron chi connectivity index (χ1n) is 6.68. The lowest BCUT2D eigenvalue weighted by molar-refractivity contribution is -0.255. The Morgan fingerprint density at radius 2 is 2.09 bits per heavy atom. The van der Waals surface area contributed by atoms with Crippen molar-refractivity contribution in [2.75, 3.05) is 11.1 Å². The van der Waals surface area contributed by atoms with Crippen molar-refractivity contribution in [1.82, 2.24) is 9.97 Å². The number of anilines is 1. The molecule has 0 aliphatic rings. The topological polar surface area (TPSA) is 115 Å². The third-order valence-corrected chi connectivity index (χ3v) is 3.97. The first kappa shape index (κ1) is 16.8. The number of carboxylic acid groups (broad SMARTS) is 1. The molecular formula is C15H14N3O4S-. The van der Waals surface area contributed by atoms with Crippen LogP contribution in [0.25, 0.3) is 0 Å². The molecule has 0 saturated carbocycles. The van der Waals surface area contributed by atoms with Crippen LogP contribution in [0.3, 0.4) is 0 Å². The number of carbonyl (C=O) groups is 2. The number of amides is 1. The van der Waals surface area contributed by atoms with Gasteiger partial charge < -0.3 is 20.2 Å². The van der Waals surface area contributed by atoms with E-state index >= 15 is 0 Å². The molecule has 7 nitrogen and oxygen atoms in total. The Balaban J connectivity index is 1.99. The number of aromatic carboxylic acids is 1. The van der Waals surface area contributed by atoms with Gasteiger partial charge >= 0.3 is 0 Å². The summed E-state index contributed by atoms with van der Waals surface area (Å²) in [6, 6.07) is 5.78. The van der Waals surface area contributed by atoms with Crippen LogP contribution in [0.1, 0.15) is 21.6 Å². The van der Waals surface area contributed by atoms with E-state index in [1.54, 1.807) is 19.9 Å². The predicted octanol–water partition coefficient (Wildman–Crippen LogP) is 0.481. The minimum atomic E-state index is -1.31. The van der Waals surface area contributed by atoms with E-state index in [1.165, 1.54) is 18.2 Å². The predicted molar refractivity (Wildman–Crippen MR) is 84.5 cm³/mol. The number of aromatic amines is 1. The van der Waals surface area contributed by atoms with Crippen LogP contribution in [-0.2, 0) is 4.79 Å². The van der Waals surface area contributed by atoms with E-state index in [4.69, 9.17) is 0 Å². The molecule has 0 bridgehead atoms. The number of aromatic nitrogens is 2. The van der Waals surface area contributed by atoms with Crippen molar-refractivity contribution in [3.8, 4) is 0 Å². The largest absolute Gasteiger partial charge is 0.545 e. The van der Waals surface area contributed by atoms with Crippen molar-refractivity contribution in [3.63, 3.8) is 0 Å². The number of H-pyrrole nitrogens is 1. The number of carboxylic acids is 1. The summed E-state index contributed by atoms with van der Waals surface area (Å²) in [5.74, 6) is -1.63. The summed E-state index contributed by atoms with van der Waals surface area (Å²) in [6.45, 7) is 3.40. The van der Waals surface area contributed by atoms with Crippen LogP contribution in [0.15, 0.2) is 34.2 Å². The number of hydrogen-bond donors (Lipinski definition) is 2. The lowest BCUT2D eigenvalue weighted by Crippen LogP contribution is -2.22. The zero-order valence-corrected chi connectivity index (χ0v) is 13.3. The average Bonchev–Trinajstić information content (AvgIpc) is 2.50. The molecule has 0 aliphatic carbocycles. The first-order chi connectivity index (χ1) is 10.9. The summed E-state index contributed by atoms with van der Waals surface area (Å²) < 4.78 is 0. The molecule has 0 aliphatic heterocycles. The van der Waals surface area contributed by atoms with Gasteiger partial charge in [-0.1, -0.05) is 23.9 Å². The third-order valence-electron chi connectivity index (χ3n) is 3.10. The van der Waals surface area contributed by atoms with E-state index in [2.05, 4.69) is 15.3 Å². The Bertz CT molecular complexity index is 817. The lowest BCUT2D eigenvalue weighted by Gasteiger charge is -2.08. The van der Waals surface area contributed by atoms with Crippen LogP contribution >= 0.6 is 11.8 Å². The molecule has 0 saturated heterocycles. The first-order valence-corrected chi connectivity index (χ1v) is 7.67. The zero-order valence-electron chi connectivity index (χ0n) is 12.5. The maximum atomic E-state index is 11.9. The molecule has 0 spiro atoms. The van der Waals surface area contributed by atoms with Gasteiger partial charge in [-0.25, -0.2) is 4.98 Å². The Kier molecular flexibility index (Phi) is 5.17. The minimum absolute atomic E-state index is 0.0180. The van der Waals surface area contributed by atoms with E-state index in [1.807, 2.05) is 0 Å². The summed E-state index contributed by atoms with van der Waals surface area (Å²) in [5, 5.41) is 13.7. The quantitative estimate of drug-likeness (QED) is 0.608. The van der Waals surface area contributed by atoms with Crippen LogP contribution in [-0.4, -0.2) is 27.6 Å². The van der Waals surface area contributed by atoms with Crippen molar-refractivity contribution in [2.45, 2.75) is 19.0 Å². The molecular weight excluding hydrogens is 318 g/mol. The number of aryl methyl sites for hydroxylation is 1.